The van der Waals surface area contributed by atoms with Gasteiger partial charge in [-0.3, -0.25) is 4.79 Å². The van der Waals surface area contributed by atoms with Gasteiger partial charge in [-0.1, -0.05) is 0 Å². The highest BCUT2D eigenvalue weighted by atomic mass is 16.5. The van der Waals surface area contributed by atoms with Gasteiger partial charge in [-0.15, -0.1) is 0 Å². The van der Waals surface area contributed by atoms with E-state index < -0.39 is 0 Å². The van der Waals surface area contributed by atoms with E-state index in [9.17, 15) is 4.79 Å². The number of hydrogen-bond donors (Lipinski definition) is 0. The Kier molecular flexibility index (Phi) is 3.25. The molecule has 1 aromatic rings. The number of morpholine rings is 1. The SMILES string of the molecule is C[C@H]1CN(c2ccc(C=O)cc2)C[C@H](C)O1. The maximum atomic E-state index is 10.6. The Morgan fingerprint density at radius 1 is 1.19 bits per heavy atom. The van der Waals surface area contributed by atoms with Crippen molar-refractivity contribution in [1.29, 1.82) is 0 Å². The van der Waals surface area contributed by atoms with Gasteiger partial charge in [0, 0.05) is 24.3 Å². The van der Waals surface area contributed by atoms with Crippen LogP contribution in [-0.2, 0) is 4.74 Å². The van der Waals surface area contributed by atoms with Gasteiger partial charge in [-0.25, -0.2) is 0 Å². The van der Waals surface area contributed by atoms with Crippen LogP contribution in [-0.4, -0.2) is 31.6 Å². The van der Waals surface area contributed by atoms with Crippen LogP contribution in [0.1, 0.15) is 24.2 Å². The number of carbonyl (C=O) groups is 1. The van der Waals surface area contributed by atoms with Crippen molar-refractivity contribution >= 4 is 12.0 Å². The van der Waals surface area contributed by atoms with Crippen LogP contribution >= 0.6 is 0 Å². The van der Waals surface area contributed by atoms with Crippen molar-refractivity contribution in [2.75, 3.05) is 18.0 Å². The molecule has 0 bridgehead atoms. The summed E-state index contributed by atoms with van der Waals surface area (Å²) in [4.78, 5) is 12.9. The summed E-state index contributed by atoms with van der Waals surface area (Å²) >= 11 is 0. The summed E-state index contributed by atoms with van der Waals surface area (Å²) in [6.07, 6.45) is 1.39. The monoisotopic (exact) mass is 219 g/mol. The van der Waals surface area contributed by atoms with Crippen molar-refractivity contribution in [2.24, 2.45) is 0 Å². The van der Waals surface area contributed by atoms with Crippen LogP contribution in [0.3, 0.4) is 0 Å². The van der Waals surface area contributed by atoms with E-state index in [1.54, 1.807) is 0 Å². The van der Waals surface area contributed by atoms with Crippen LogP contribution in [0.15, 0.2) is 24.3 Å². The number of hydrogen-bond acceptors (Lipinski definition) is 3. The van der Waals surface area contributed by atoms with E-state index in [2.05, 4.69) is 18.7 Å². The number of carbonyl (C=O) groups excluding carboxylic acids is 1. The van der Waals surface area contributed by atoms with Crippen LogP contribution in [0.2, 0.25) is 0 Å². The fraction of sp³-hybridized carbons (Fsp3) is 0.462. The molecule has 0 aliphatic carbocycles. The van der Waals surface area contributed by atoms with Crippen LogP contribution in [0, 0.1) is 0 Å². The number of aldehydes is 1. The topological polar surface area (TPSA) is 29.5 Å². The number of rotatable bonds is 2. The third kappa shape index (κ3) is 2.42. The van der Waals surface area contributed by atoms with Gasteiger partial charge in [0.1, 0.15) is 6.29 Å². The summed E-state index contributed by atoms with van der Waals surface area (Å²) in [6.45, 7) is 5.99. The number of nitrogens with zero attached hydrogens (tertiary/aromatic N) is 1. The van der Waals surface area contributed by atoms with Crippen LogP contribution in [0.25, 0.3) is 0 Å². The quantitative estimate of drug-likeness (QED) is 0.713. The van der Waals surface area contributed by atoms with Crippen molar-refractivity contribution in [3.8, 4) is 0 Å². The molecular weight excluding hydrogens is 202 g/mol. The second-order valence-corrected chi connectivity index (χ2v) is 4.37. The molecule has 0 N–H and O–H groups in total. The molecule has 0 spiro atoms. The fourth-order valence-electron chi connectivity index (χ4n) is 2.15. The molecular formula is C13H17NO2. The predicted molar refractivity (Wildman–Crippen MR) is 64.1 cm³/mol. The van der Waals surface area contributed by atoms with Crippen molar-refractivity contribution < 1.29 is 9.53 Å². The van der Waals surface area contributed by atoms with Gasteiger partial charge in [-0.05, 0) is 38.1 Å². The first-order valence-electron chi connectivity index (χ1n) is 5.64. The second kappa shape index (κ2) is 4.66. The molecule has 16 heavy (non-hydrogen) atoms. The first-order valence-corrected chi connectivity index (χ1v) is 5.64. The molecule has 1 aliphatic rings. The molecule has 0 radical (unpaired) electrons. The van der Waals surface area contributed by atoms with Gasteiger partial charge in [0.25, 0.3) is 0 Å². The van der Waals surface area contributed by atoms with Gasteiger partial charge >= 0.3 is 0 Å². The zero-order valence-corrected chi connectivity index (χ0v) is 9.72. The highest BCUT2D eigenvalue weighted by Crippen LogP contribution is 2.20. The Hall–Kier alpha value is -1.35. The maximum absolute atomic E-state index is 10.6. The summed E-state index contributed by atoms with van der Waals surface area (Å²) in [6, 6.07) is 7.70. The minimum Gasteiger partial charge on any atom is -0.372 e. The molecule has 1 saturated heterocycles. The summed E-state index contributed by atoms with van der Waals surface area (Å²) in [5.74, 6) is 0. The molecule has 1 aromatic carbocycles. The van der Waals surface area contributed by atoms with E-state index in [1.807, 2.05) is 24.3 Å². The van der Waals surface area contributed by atoms with Crippen LogP contribution in [0.5, 0.6) is 0 Å². The molecule has 2 atom stereocenters. The zero-order chi connectivity index (χ0) is 11.5. The lowest BCUT2D eigenvalue weighted by Gasteiger charge is -2.36. The number of ether oxygens (including phenoxy) is 1. The average Bonchev–Trinajstić information content (AvgIpc) is 2.28. The van der Waals surface area contributed by atoms with Crippen molar-refractivity contribution in [3.05, 3.63) is 29.8 Å². The molecule has 3 nitrogen and oxygen atoms in total. The van der Waals surface area contributed by atoms with E-state index in [1.165, 1.54) is 0 Å². The molecule has 0 amide bonds. The average molecular weight is 219 g/mol. The molecule has 1 heterocycles. The van der Waals surface area contributed by atoms with E-state index in [0.29, 0.717) is 0 Å². The van der Waals surface area contributed by atoms with Crippen LogP contribution in [0.4, 0.5) is 5.69 Å². The van der Waals surface area contributed by atoms with E-state index in [0.717, 1.165) is 30.6 Å². The lowest BCUT2D eigenvalue weighted by atomic mass is 10.1. The Bertz CT molecular complexity index is 351. The maximum Gasteiger partial charge on any atom is 0.150 e. The first-order chi connectivity index (χ1) is 7.69. The molecule has 0 unspecified atom stereocenters. The van der Waals surface area contributed by atoms with Gasteiger partial charge in [0.15, 0.2) is 0 Å². The molecule has 2 rings (SSSR count). The Balaban J connectivity index is 2.13. The number of anilines is 1. The summed E-state index contributed by atoms with van der Waals surface area (Å²) in [5.41, 5.74) is 1.88. The number of benzene rings is 1. The van der Waals surface area contributed by atoms with Gasteiger partial charge in [0.2, 0.25) is 0 Å². The van der Waals surface area contributed by atoms with Crippen molar-refractivity contribution in [2.45, 2.75) is 26.1 Å². The Labute approximate surface area is 96.0 Å². The van der Waals surface area contributed by atoms with Crippen molar-refractivity contribution in [3.63, 3.8) is 0 Å². The van der Waals surface area contributed by atoms with Crippen LogP contribution < -0.4 is 4.90 Å². The third-order valence-electron chi connectivity index (χ3n) is 2.81. The third-order valence-corrected chi connectivity index (χ3v) is 2.81. The van der Waals surface area contributed by atoms with Crippen molar-refractivity contribution in [1.82, 2.24) is 0 Å². The second-order valence-electron chi connectivity index (χ2n) is 4.37. The largest absolute Gasteiger partial charge is 0.372 e. The van der Waals surface area contributed by atoms with Gasteiger partial charge < -0.3 is 9.64 Å². The van der Waals surface area contributed by atoms with Gasteiger partial charge in [0.05, 0.1) is 12.2 Å². The molecule has 0 saturated carbocycles. The summed E-state index contributed by atoms with van der Waals surface area (Å²) in [7, 11) is 0. The zero-order valence-electron chi connectivity index (χ0n) is 9.72. The fourth-order valence-corrected chi connectivity index (χ4v) is 2.15. The molecule has 1 fully saturated rings. The normalized spacial score (nSPS) is 25.5. The lowest BCUT2D eigenvalue weighted by Crippen LogP contribution is -2.45. The minimum atomic E-state index is 0.259. The Morgan fingerprint density at radius 3 is 2.25 bits per heavy atom. The smallest absolute Gasteiger partial charge is 0.150 e. The standard InChI is InChI=1S/C13H17NO2/c1-10-7-14(8-11(2)16-10)13-5-3-12(9-15)4-6-13/h3-6,9-11H,7-8H2,1-2H3/t10-,11-/m0/s1. The summed E-state index contributed by atoms with van der Waals surface area (Å²) in [5, 5.41) is 0. The summed E-state index contributed by atoms with van der Waals surface area (Å²) < 4.78 is 5.68. The molecule has 1 aliphatic heterocycles. The lowest BCUT2D eigenvalue weighted by molar-refractivity contribution is -0.00521. The molecule has 0 aromatic heterocycles. The highest BCUT2D eigenvalue weighted by molar-refractivity contribution is 5.75. The van der Waals surface area contributed by atoms with E-state index >= 15 is 0 Å². The predicted octanol–water partition coefficient (Wildman–Crippen LogP) is 2.11. The Morgan fingerprint density at radius 2 is 1.75 bits per heavy atom. The van der Waals surface area contributed by atoms with E-state index in [-0.39, 0.29) is 12.2 Å². The highest BCUT2D eigenvalue weighted by Gasteiger charge is 2.22. The molecule has 3 heteroatoms. The van der Waals surface area contributed by atoms with Gasteiger partial charge in [-0.2, -0.15) is 0 Å². The van der Waals surface area contributed by atoms with E-state index in [4.69, 9.17) is 4.74 Å². The molecule has 86 valence electrons. The first kappa shape index (κ1) is 11.1. The minimum absolute atomic E-state index is 0.259.